The molecule has 0 heterocycles. The van der Waals surface area contributed by atoms with E-state index >= 15 is 0 Å². The molecule has 0 aliphatic rings. The Labute approximate surface area is 64.6 Å². The van der Waals surface area contributed by atoms with Crippen molar-refractivity contribution in [1.82, 2.24) is 0 Å². The molecule has 0 amide bonds. The summed E-state index contributed by atoms with van der Waals surface area (Å²) < 4.78 is 12.5. The molecule has 1 rings (SSSR count). The van der Waals surface area contributed by atoms with Gasteiger partial charge >= 0.3 is 0 Å². The van der Waals surface area contributed by atoms with Crippen molar-refractivity contribution in [3.05, 3.63) is 34.1 Å². The number of hydrogen-bond donors (Lipinski definition) is 0. The lowest BCUT2D eigenvalue weighted by Gasteiger charge is -1.93. The van der Waals surface area contributed by atoms with Gasteiger partial charge in [-0.1, -0.05) is 0 Å². The van der Waals surface area contributed by atoms with Crippen LogP contribution in [0.4, 0.5) is 10.1 Å². The number of non-ortho nitro benzene ring substituents is 1. The first kappa shape index (κ1) is 8.08. The average Bonchev–Trinajstić information content (AvgIpc) is 1.94. The first-order valence-electron chi connectivity index (χ1n) is 2.80. The predicted molar refractivity (Wildman–Crippen MR) is 42.4 cm³/mol. The van der Waals surface area contributed by atoms with Crippen LogP contribution >= 0.6 is 9.24 Å². The second-order valence-corrected chi connectivity index (χ2v) is 2.58. The SMILES string of the molecule is O=[N+]([O-])c1ccc(F)c(P)c1. The van der Waals surface area contributed by atoms with E-state index in [1.165, 1.54) is 6.07 Å². The van der Waals surface area contributed by atoms with E-state index < -0.39 is 10.7 Å². The zero-order chi connectivity index (χ0) is 8.43. The van der Waals surface area contributed by atoms with Crippen LogP contribution < -0.4 is 5.30 Å². The van der Waals surface area contributed by atoms with Crippen LogP contribution in [-0.2, 0) is 0 Å². The molecule has 0 fully saturated rings. The van der Waals surface area contributed by atoms with Gasteiger partial charge in [0.05, 0.1) is 4.92 Å². The smallest absolute Gasteiger partial charge is 0.258 e. The van der Waals surface area contributed by atoms with E-state index in [-0.39, 0.29) is 11.0 Å². The van der Waals surface area contributed by atoms with Crippen molar-refractivity contribution < 1.29 is 9.31 Å². The summed E-state index contributed by atoms with van der Waals surface area (Å²) in [6.07, 6.45) is 0. The second kappa shape index (κ2) is 2.93. The second-order valence-electron chi connectivity index (χ2n) is 1.96. The van der Waals surface area contributed by atoms with Gasteiger partial charge in [-0.15, -0.1) is 9.24 Å². The molecule has 5 heteroatoms. The molecule has 0 saturated heterocycles. The summed E-state index contributed by atoms with van der Waals surface area (Å²) in [6, 6.07) is 3.36. The van der Waals surface area contributed by atoms with E-state index in [0.717, 1.165) is 12.1 Å². The Kier molecular flexibility index (Phi) is 2.15. The highest BCUT2D eigenvalue weighted by molar-refractivity contribution is 7.27. The minimum Gasteiger partial charge on any atom is -0.258 e. The minimum absolute atomic E-state index is 0.101. The highest BCUT2D eigenvalue weighted by Gasteiger charge is 2.06. The van der Waals surface area contributed by atoms with Crippen LogP contribution in [0.3, 0.4) is 0 Å². The quantitative estimate of drug-likeness (QED) is 0.364. The van der Waals surface area contributed by atoms with Gasteiger partial charge in [0.1, 0.15) is 5.82 Å². The third-order valence-electron chi connectivity index (χ3n) is 1.19. The highest BCUT2D eigenvalue weighted by Crippen LogP contribution is 2.10. The molecule has 0 saturated carbocycles. The van der Waals surface area contributed by atoms with E-state index in [2.05, 4.69) is 9.24 Å². The Morgan fingerprint density at radius 3 is 2.64 bits per heavy atom. The Morgan fingerprint density at radius 1 is 1.55 bits per heavy atom. The summed E-state index contributed by atoms with van der Waals surface area (Å²) in [7, 11) is 2.09. The van der Waals surface area contributed by atoms with Crippen molar-refractivity contribution in [2.75, 3.05) is 0 Å². The molecule has 1 unspecified atom stereocenters. The molecule has 0 aliphatic carbocycles. The fraction of sp³-hybridized carbons (Fsp3) is 0. The molecule has 3 nitrogen and oxygen atoms in total. The van der Waals surface area contributed by atoms with Gasteiger partial charge < -0.3 is 0 Å². The van der Waals surface area contributed by atoms with Crippen LogP contribution in [0.15, 0.2) is 18.2 Å². The Bertz CT molecular complexity index is 303. The molecule has 58 valence electrons. The van der Waals surface area contributed by atoms with Gasteiger partial charge in [-0.05, 0) is 6.07 Å². The monoisotopic (exact) mass is 173 g/mol. The average molecular weight is 173 g/mol. The van der Waals surface area contributed by atoms with E-state index in [9.17, 15) is 14.5 Å². The van der Waals surface area contributed by atoms with Gasteiger partial charge in [0.2, 0.25) is 0 Å². The molecular weight excluding hydrogens is 168 g/mol. The Hall–Kier alpha value is -1.02. The molecule has 11 heavy (non-hydrogen) atoms. The molecule has 1 aromatic carbocycles. The summed E-state index contributed by atoms with van der Waals surface area (Å²) in [6.45, 7) is 0. The molecule has 0 spiro atoms. The summed E-state index contributed by atoms with van der Waals surface area (Å²) in [5.74, 6) is -0.458. The van der Waals surface area contributed by atoms with Gasteiger partial charge in [-0.25, -0.2) is 4.39 Å². The fourth-order valence-corrected chi connectivity index (χ4v) is 0.912. The third kappa shape index (κ3) is 1.71. The van der Waals surface area contributed by atoms with Crippen molar-refractivity contribution in [1.29, 1.82) is 0 Å². The van der Waals surface area contributed by atoms with Crippen molar-refractivity contribution in [3.63, 3.8) is 0 Å². The van der Waals surface area contributed by atoms with E-state index in [1.54, 1.807) is 0 Å². The number of hydrogen-bond acceptors (Lipinski definition) is 2. The van der Waals surface area contributed by atoms with Gasteiger partial charge in [0, 0.05) is 17.4 Å². The summed E-state index contributed by atoms with van der Waals surface area (Å²) in [4.78, 5) is 9.58. The number of rotatable bonds is 1. The Balaban J connectivity index is 3.15. The van der Waals surface area contributed by atoms with E-state index in [4.69, 9.17) is 0 Å². The molecule has 0 aliphatic heterocycles. The van der Waals surface area contributed by atoms with Crippen LogP contribution in [0.1, 0.15) is 0 Å². The lowest BCUT2D eigenvalue weighted by molar-refractivity contribution is -0.384. The van der Waals surface area contributed by atoms with Crippen LogP contribution in [-0.4, -0.2) is 4.92 Å². The van der Waals surface area contributed by atoms with Crippen molar-refractivity contribution >= 4 is 20.2 Å². The lowest BCUT2D eigenvalue weighted by Crippen LogP contribution is -1.99. The zero-order valence-corrected chi connectivity index (χ0v) is 6.61. The maximum atomic E-state index is 12.5. The maximum absolute atomic E-state index is 12.5. The van der Waals surface area contributed by atoms with Crippen LogP contribution in [0.5, 0.6) is 0 Å². The lowest BCUT2D eigenvalue weighted by atomic mass is 10.3. The first-order valence-corrected chi connectivity index (χ1v) is 3.38. The van der Waals surface area contributed by atoms with Crippen LogP contribution in [0, 0.1) is 15.9 Å². The molecule has 0 aromatic heterocycles. The van der Waals surface area contributed by atoms with E-state index in [0.29, 0.717) is 0 Å². The third-order valence-corrected chi connectivity index (χ3v) is 1.63. The number of nitrogens with zero attached hydrogens (tertiary/aromatic N) is 1. The van der Waals surface area contributed by atoms with E-state index in [1.807, 2.05) is 0 Å². The number of nitro benzene ring substituents is 1. The topological polar surface area (TPSA) is 43.1 Å². The number of halogens is 1. The van der Waals surface area contributed by atoms with Crippen molar-refractivity contribution in [3.8, 4) is 0 Å². The molecule has 1 aromatic rings. The summed E-state index contributed by atoms with van der Waals surface area (Å²) >= 11 is 0. The molecule has 1 atom stereocenters. The van der Waals surface area contributed by atoms with Gasteiger partial charge in [-0.3, -0.25) is 10.1 Å². The molecule has 0 bridgehead atoms. The summed E-state index contributed by atoms with van der Waals surface area (Å²) in [5.41, 5.74) is -0.101. The predicted octanol–water partition coefficient (Wildman–Crippen LogP) is 1.23. The fourth-order valence-electron chi connectivity index (χ4n) is 0.645. The van der Waals surface area contributed by atoms with Gasteiger partial charge in [0.15, 0.2) is 0 Å². The Morgan fingerprint density at radius 2 is 2.18 bits per heavy atom. The van der Waals surface area contributed by atoms with Crippen LogP contribution in [0.2, 0.25) is 0 Å². The zero-order valence-electron chi connectivity index (χ0n) is 5.45. The first-order chi connectivity index (χ1) is 5.11. The largest absolute Gasteiger partial charge is 0.270 e. The normalized spacial score (nSPS) is 9.64. The standard InChI is InChI=1S/C6H5FNO2P/c7-5-2-1-4(8(9)10)3-6(5)11/h1-3H,11H2. The van der Waals surface area contributed by atoms with Gasteiger partial charge in [0.25, 0.3) is 5.69 Å². The number of nitro groups is 1. The number of benzene rings is 1. The minimum atomic E-state index is -0.562. The highest BCUT2D eigenvalue weighted by atomic mass is 31.0. The van der Waals surface area contributed by atoms with Crippen LogP contribution in [0.25, 0.3) is 0 Å². The van der Waals surface area contributed by atoms with Gasteiger partial charge in [-0.2, -0.15) is 0 Å². The summed E-state index contributed by atoms with van der Waals surface area (Å²) in [5, 5.41) is 10.3. The molecule has 0 N–H and O–H groups in total. The maximum Gasteiger partial charge on any atom is 0.270 e. The van der Waals surface area contributed by atoms with Crippen molar-refractivity contribution in [2.24, 2.45) is 0 Å². The van der Waals surface area contributed by atoms with Crippen molar-refractivity contribution in [2.45, 2.75) is 0 Å². The molecular formula is C6H5FNO2P. The molecule has 0 radical (unpaired) electrons.